The Hall–Kier alpha value is -3.18. The molecule has 244 valence electrons. The lowest BCUT2D eigenvalue weighted by atomic mass is 10.0. The molecule has 3 aromatic rings. The van der Waals surface area contributed by atoms with E-state index in [1.807, 2.05) is 18.7 Å². The van der Waals surface area contributed by atoms with Gasteiger partial charge in [0.05, 0.1) is 22.6 Å². The number of piperidine rings is 1. The molecule has 2 saturated heterocycles. The maximum atomic E-state index is 14.0. The Morgan fingerprint density at radius 1 is 1.07 bits per heavy atom. The first-order chi connectivity index (χ1) is 21.9. The lowest BCUT2D eigenvalue weighted by Crippen LogP contribution is -2.47. The predicted molar refractivity (Wildman–Crippen MR) is 180 cm³/mol. The minimum absolute atomic E-state index is 0.0399. The number of rotatable bonds is 8. The van der Waals surface area contributed by atoms with Crippen LogP contribution < -0.4 is 5.32 Å². The number of carbonyl (C=O) groups excluding carboxylic acids is 2. The molecule has 8 nitrogen and oxygen atoms in total. The van der Waals surface area contributed by atoms with Crippen molar-refractivity contribution < 1.29 is 22.4 Å². The van der Waals surface area contributed by atoms with Crippen molar-refractivity contribution in [3.63, 3.8) is 0 Å². The number of aromatic amines is 1. The minimum Gasteiger partial charge on any atom is -0.359 e. The highest BCUT2D eigenvalue weighted by atomic mass is 35.5. The van der Waals surface area contributed by atoms with Gasteiger partial charge >= 0.3 is 0 Å². The summed E-state index contributed by atoms with van der Waals surface area (Å²) < 4.78 is 40.8. The molecule has 0 saturated carbocycles. The van der Waals surface area contributed by atoms with Gasteiger partial charge in [-0.25, -0.2) is 12.8 Å². The molecule has 1 aromatic heterocycles. The fourth-order valence-corrected chi connectivity index (χ4v) is 9.01. The largest absolute Gasteiger partial charge is 0.359 e. The van der Waals surface area contributed by atoms with Gasteiger partial charge in [0, 0.05) is 63.9 Å². The summed E-state index contributed by atoms with van der Waals surface area (Å²) in [5.74, 6) is -0.696. The van der Waals surface area contributed by atoms with E-state index in [1.54, 1.807) is 30.3 Å². The van der Waals surface area contributed by atoms with Crippen LogP contribution in [-0.2, 0) is 31.6 Å². The number of hydrogen-bond donors (Lipinski definition) is 2. The summed E-state index contributed by atoms with van der Waals surface area (Å²) >= 11 is 12.5. The first-order valence-corrected chi connectivity index (χ1v) is 18.0. The first kappa shape index (κ1) is 32.7. The SMILES string of the molecule is Cc1[nH]c(/C=C2\C(=O)Nc3ccc(S(=O)(=O)Cc4c(Cl)cccc4Cl)cc32)c(C)c1CC(=O)N1CCCC1CN1CCC[C@H](F)C1. The first-order valence-electron chi connectivity index (χ1n) is 15.6. The highest BCUT2D eigenvalue weighted by Gasteiger charge is 2.33. The van der Waals surface area contributed by atoms with Gasteiger partial charge in [0.15, 0.2) is 9.84 Å². The second kappa shape index (κ2) is 13.1. The summed E-state index contributed by atoms with van der Waals surface area (Å²) in [7, 11) is -3.85. The van der Waals surface area contributed by atoms with E-state index in [4.69, 9.17) is 23.2 Å². The van der Waals surface area contributed by atoms with Crippen LogP contribution in [0, 0.1) is 13.8 Å². The number of halogens is 3. The van der Waals surface area contributed by atoms with Gasteiger partial charge in [0.1, 0.15) is 6.17 Å². The van der Waals surface area contributed by atoms with Crippen molar-refractivity contribution in [1.29, 1.82) is 0 Å². The fourth-order valence-electron chi connectivity index (χ4n) is 6.89. The minimum atomic E-state index is -3.85. The molecule has 2 aromatic carbocycles. The number of benzene rings is 2. The van der Waals surface area contributed by atoms with Crippen molar-refractivity contribution >= 4 is 62.2 Å². The number of H-pyrrole nitrogens is 1. The van der Waals surface area contributed by atoms with Crippen LogP contribution in [0.15, 0.2) is 41.3 Å². The van der Waals surface area contributed by atoms with Gasteiger partial charge in [-0.1, -0.05) is 29.3 Å². The third kappa shape index (κ3) is 6.63. The van der Waals surface area contributed by atoms with Crippen LogP contribution in [-0.4, -0.2) is 73.4 Å². The van der Waals surface area contributed by atoms with Crippen molar-refractivity contribution in [1.82, 2.24) is 14.8 Å². The fraction of sp³-hybridized carbons (Fsp3) is 0.412. The number of amides is 2. The number of likely N-dealkylation sites (tertiary alicyclic amines) is 2. The number of alkyl halides is 1. The van der Waals surface area contributed by atoms with Crippen LogP contribution in [0.2, 0.25) is 10.0 Å². The molecule has 1 unspecified atom stereocenters. The van der Waals surface area contributed by atoms with Crippen LogP contribution in [0.5, 0.6) is 0 Å². The van der Waals surface area contributed by atoms with Crippen molar-refractivity contribution in [3.8, 4) is 0 Å². The van der Waals surface area contributed by atoms with E-state index in [1.165, 1.54) is 12.1 Å². The van der Waals surface area contributed by atoms with Crippen LogP contribution >= 0.6 is 23.2 Å². The van der Waals surface area contributed by atoms with Crippen molar-refractivity contribution in [2.24, 2.45) is 0 Å². The van der Waals surface area contributed by atoms with Crippen LogP contribution in [0.1, 0.15) is 59.3 Å². The van der Waals surface area contributed by atoms with E-state index >= 15 is 0 Å². The van der Waals surface area contributed by atoms with Gasteiger partial charge in [-0.15, -0.1) is 0 Å². The molecule has 2 fully saturated rings. The number of hydrogen-bond acceptors (Lipinski definition) is 5. The molecule has 2 N–H and O–H groups in total. The van der Waals surface area contributed by atoms with E-state index < -0.39 is 16.0 Å². The quantitative estimate of drug-likeness (QED) is 0.268. The van der Waals surface area contributed by atoms with E-state index in [-0.39, 0.29) is 45.0 Å². The Balaban J connectivity index is 1.22. The Morgan fingerprint density at radius 3 is 2.54 bits per heavy atom. The van der Waals surface area contributed by atoms with Crippen molar-refractivity contribution in [3.05, 3.63) is 80.1 Å². The summed E-state index contributed by atoms with van der Waals surface area (Å²) in [5, 5.41) is 3.34. The van der Waals surface area contributed by atoms with Gasteiger partial charge in [0.25, 0.3) is 5.91 Å². The zero-order valence-corrected chi connectivity index (χ0v) is 28.2. The number of nitrogens with zero attached hydrogens (tertiary/aromatic N) is 2. The van der Waals surface area contributed by atoms with E-state index in [9.17, 15) is 22.4 Å². The lowest BCUT2D eigenvalue weighted by molar-refractivity contribution is -0.131. The molecule has 46 heavy (non-hydrogen) atoms. The molecular formula is C34H37Cl2FN4O4S. The monoisotopic (exact) mass is 686 g/mol. The molecule has 2 amide bonds. The standard InChI is InChI=1S/C34H37Cl2FN4O4S/c1-20-25(16-33(42)41-13-5-7-23(41)18-40-12-4-6-22(37)17-40)21(2)38-32(20)15-27-26-14-24(10-11-31(26)39-34(27)43)46(44,45)19-28-29(35)8-3-9-30(28)36/h3,8-11,14-15,22-23,38H,4-7,12-13,16-19H2,1-2H3,(H,39,43)/b27-15-/t22-,23?/m0/s1. The van der Waals surface area contributed by atoms with Crippen molar-refractivity contribution in [2.75, 3.05) is 31.5 Å². The highest BCUT2D eigenvalue weighted by Crippen LogP contribution is 2.37. The van der Waals surface area contributed by atoms with Gasteiger partial charge in [-0.3, -0.25) is 14.5 Å². The number of anilines is 1. The zero-order valence-electron chi connectivity index (χ0n) is 25.8. The molecule has 0 radical (unpaired) electrons. The lowest BCUT2D eigenvalue weighted by Gasteiger charge is -2.34. The Kier molecular flexibility index (Phi) is 9.36. The molecule has 12 heteroatoms. The van der Waals surface area contributed by atoms with E-state index in [0.29, 0.717) is 54.1 Å². The summed E-state index contributed by atoms with van der Waals surface area (Å²) in [6, 6.07) is 9.45. The van der Waals surface area contributed by atoms with Gasteiger partial charge < -0.3 is 15.2 Å². The second-order valence-electron chi connectivity index (χ2n) is 12.5. The Labute approximate surface area is 278 Å². The molecule has 0 bridgehead atoms. The van der Waals surface area contributed by atoms with E-state index in [2.05, 4.69) is 15.2 Å². The third-order valence-corrected chi connectivity index (χ3v) is 11.7. The number of carbonyl (C=O) groups is 2. The van der Waals surface area contributed by atoms with E-state index in [0.717, 1.165) is 42.6 Å². The summed E-state index contributed by atoms with van der Waals surface area (Å²) in [5.41, 5.74) is 4.84. The topological polar surface area (TPSA) is 103 Å². The molecule has 3 aliphatic heterocycles. The smallest absolute Gasteiger partial charge is 0.256 e. The molecule has 0 aliphatic carbocycles. The molecule has 4 heterocycles. The third-order valence-electron chi connectivity index (χ3n) is 9.39. The number of nitrogens with one attached hydrogen (secondary N) is 2. The van der Waals surface area contributed by atoms with Gasteiger partial charge in [-0.05, 0) is 93.6 Å². The average Bonchev–Trinajstić information content (AvgIpc) is 3.67. The van der Waals surface area contributed by atoms with Crippen LogP contribution in [0.4, 0.5) is 10.1 Å². The molecule has 0 spiro atoms. The maximum absolute atomic E-state index is 14.0. The number of sulfone groups is 1. The number of aromatic nitrogens is 1. The summed E-state index contributed by atoms with van der Waals surface area (Å²) in [6.07, 6.45) is 4.44. The van der Waals surface area contributed by atoms with Crippen LogP contribution in [0.3, 0.4) is 0 Å². The Bertz CT molecular complexity index is 1820. The van der Waals surface area contributed by atoms with Crippen LogP contribution in [0.25, 0.3) is 11.6 Å². The normalized spacial score (nSPS) is 21.2. The molecule has 6 rings (SSSR count). The predicted octanol–water partition coefficient (Wildman–Crippen LogP) is 6.37. The Morgan fingerprint density at radius 2 is 1.80 bits per heavy atom. The van der Waals surface area contributed by atoms with Gasteiger partial charge in [-0.2, -0.15) is 0 Å². The van der Waals surface area contributed by atoms with Gasteiger partial charge in [0.2, 0.25) is 5.91 Å². The van der Waals surface area contributed by atoms with Crippen molar-refractivity contribution in [2.45, 2.75) is 68.8 Å². The molecular weight excluding hydrogens is 650 g/mol. The zero-order chi connectivity index (χ0) is 32.7. The molecule has 2 atom stereocenters. The summed E-state index contributed by atoms with van der Waals surface area (Å²) in [4.78, 5) is 34.1. The number of fused-ring (bicyclic) bond motifs is 1. The second-order valence-corrected chi connectivity index (χ2v) is 15.3. The average molecular weight is 688 g/mol. The summed E-state index contributed by atoms with van der Waals surface area (Å²) in [6.45, 7) is 6.52. The maximum Gasteiger partial charge on any atom is 0.256 e. The highest BCUT2D eigenvalue weighted by molar-refractivity contribution is 7.90. The molecule has 3 aliphatic rings. The number of aryl methyl sites for hydroxylation is 1.